The van der Waals surface area contributed by atoms with Crippen molar-refractivity contribution in [2.24, 2.45) is 5.73 Å². The number of hydrogen-bond donors (Lipinski definition) is 2. The highest BCUT2D eigenvalue weighted by Crippen LogP contribution is 2.15. The van der Waals surface area contributed by atoms with Crippen molar-refractivity contribution in [2.45, 2.75) is 19.2 Å². The summed E-state index contributed by atoms with van der Waals surface area (Å²) < 4.78 is 10.5. The number of furan rings is 1. The van der Waals surface area contributed by atoms with Gasteiger partial charge in [-0.15, -0.1) is 0 Å². The number of aliphatic hydroxyl groups excluding tert-OH is 1. The van der Waals surface area contributed by atoms with Crippen molar-refractivity contribution in [1.29, 1.82) is 0 Å². The normalized spacial score (nSPS) is 12.6. The van der Waals surface area contributed by atoms with E-state index in [0.29, 0.717) is 19.6 Å². The molecule has 0 fully saturated rings. The fourth-order valence-electron chi connectivity index (χ4n) is 2.17. The van der Waals surface area contributed by atoms with Gasteiger partial charge in [-0.05, 0) is 29.8 Å². The van der Waals surface area contributed by atoms with Gasteiger partial charge in [0.05, 0.1) is 26.0 Å². The van der Waals surface area contributed by atoms with Crippen LogP contribution in [0, 0.1) is 0 Å². The van der Waals surface area contributed by atoms with E-state index in [4.69, 9.17) is 14.9 Å². The van der Waals surface area contributed by atoms with E-state index in [9.17, 15) is 5.11 Å². The first-order valence-electron chi connectivity index (χ1n) is 6.97. The molecule has 0 aliphatic heterocycles. The van der Waals surface area contributed by atoms with Crippen molar-refractivity contribution < 1.29 is 14.3 Å². The summed E-state index contributed by atoms with van der Waals surface area (Å²) in [5.74, 6) is 1.70. The third-order valence-corrected chi connectivity index (χ3v) is 3.27. The first-order valence-corrected chi connectivity index (χ1v) is 6.97. The SMILES string of the molecule is COc1ccc(CN(Cc2ccco2)CC(O)CN)cc1. The highest BCUT2D eigenvalue weighted by Gasteiger charge is 2.13. The molecular formula is C16H22N2O3. The Morgan fingerprint density at radius 1 is 1.24 bits per heavy atom. The highest BCUT2D eigenvalue weighted by atomic mass is 16.5. The van der Waals surface area contributed by atoms with Gasteiger partial charge in [0.25, 0.3) is 0 Å². The van der Waals surface area contributed by atoms with Crippen LogP contribution in [0.2, 0.25) is 0 Å². The summed E-state index contributed by atoms with van der Waals surface area (Å²) in [6.07, 6.45) is 1.11. The number of hydrogen-bond acceptors (Lipinski definition) is 5. The van der Waals surface area contributed by atoms with E-state index in [1.807, 2.05) is 36.4 Å². The summed E-state index contributed by atoms with van der Waals surface area (Å²) in [4.78, 5) is 2.11. The summed E-state index contributed by atoms with van der Waals surface area (Å²) in [6, 6.07) is 11.7. The van der Waals surface area contributed by atoms with Gasteiger partial charge in [0, 0.05) is 19.6 Å². The van der Waals surface area contributed by atoms with Crippen molar-refractivity contribution in [3.05, 3.63) is 54.0 Å². The number of methoxy groups -OCH3 is 1. The van der Waals surface area contributed by atoms with E-state index >= 15 is 0 Å². The molecule has 2 rings (SSSR count). The maximum Gasteiger partial charge on any atom is 0.118 e. The van der Waals surface area contributed by atoms with Crippen LogP contribution in [0.5, 0.6) is 5.75 Å². The Morgan fingerprint density at radius 3 is 2.57 bits per heavy atom. The molecule has 0 bridgehead atoms. The lowest BCUT2D eigenvalue weighted by atomic mass is 10.2. The van der Waals surface area contributed by atoms with Crippen LogP contribution in [0.25, 0.3) is 0 Å². The van der Waals surface area contributed by atoms with E-state index in [2.05, 4.69) is 4.90 Å². The molecule has 1 atom stereocenters. The van der Waals surface area contributed by atoms with Crippen molar-refractivity contribution in [2.75, 3.05) is 20.2 Å². The fraction of sp³-hybridized carbons (Fsp3) is 0.375. The van der Waals surface area contributed by atoms with Gasteiger partial charge in [-0.2, -0.15) is 0 Å². The molecule has 0 radical (unpaired) electrons. The molecule has 114 valence electrons. The molecule has 1 heterocycles. The molecule has 1 unspecified atom stereocenters. The van der Waals surface area contributed by atoms with Gasteiger partial charge in [-0.1, -0.05) is 12.1 Å². The molecule has 0 aliphatic rings. The summed E-state index contributed by atoms with van der Waals surface area (Å²) in [5, 5.41) is 9.80. The summed E-state index contributed by atoms with van der Waals surface area (Å²) >= 11 is 0. The van der Waals surface area contributed by atoms with Gasteiger partial charge in [-0.25, -0.2) is 0 Å². The van der Waals surface area contributed by atoms with Crippen molar-refractivity contribution in [1.82, 2.24) is 4.90 Å². The topological polar surface area (TPSA) is 71.9 Å². The minimum absolute atomic E-state index is 0.247. The van der Waals surface area contributed by atoms with Crippen LogP contribution >= 0.6 is 0 Å². The second-order valence-electron chi connectivity index (χ2n) is 4.99. The largest absolute Gasteiger partial charge is 0.497 e. The second-order valence-corrected chi connectivity index (χ2v) is 4.99. The van der Waals surface area contributed by atoms with Gasteiger partial charge in [0.1, 0.15) is 11.5 Å². The molecule has 3 N–H and O–H groups in total. The fourth-order valence-corrected chi connectivity index (χ4v) is 2.17. The zero-order chi connectivity index (χ0) is 15.1. The summed E-state index contributed by atoms with van der Waals surface area (Å²) in [6.45, 7) is 2.10. The minimum atomic E-state index is -0.543. The van der Waals surface area contributed by atoms with Crippen molar-refractivity contribution >= 4 is 0 Å². The maximum absolute atomic E-state index is 9.80. The van der Waals surface area contributed by atoms with Crippen molar-refractivity contribution in [3.63, 3.8) is 0 Å². The Morgan fingerprint density at radius 2 is 2.00 bits per heavy atom. The molecule has 1 aromatic heterocycles. The van der Waals surface area contributed by atoms with Crippen LogP contribution in [0.15, 0.2) is 47.1 Å². The Balaban J connectivity index is 2.02. The van der Waals surface area contributed by atoms with E-state index in [1.165, 1.54) is 0 Å². The molecule has 5 heteroatoms. The van der Waals surface area contributed by atoms with Crippen LogP contribution < -0.4 is 10.5 Å². The molecule has 0 aliphatic carbocycles. The van der Waals surface area contributed by atoms with Crippen molar-refractivity contribution in [3.8, 4) is 5.75 Å². The Bertz CT molecular complexity index is 511. The third-order valence-electron chi connectivity index (χ3n) is 3.27. The monoisotopic (exact) mass is 290 g/mol. The zero-order valence-corrected chi connectivity index (χ0v) is 12.2. The minimum Gasteiger partial charge on any atom is -0.497 e. The van der Waals surface area contributed by atoms with Crippen LogP contribution in [-0.2, 0) is 13.1 Å². The lowest BCUT2D eigenvalue weighted by molar-refractivity contribution is 0.106. The summed E-state index contributed by atoms with van der Waals surface area (Å²) in [7, 11) is 1.65. The molecule has 0 amide bonds. The average molecular weight is 290 g/mol. The smallest absolute Gasteiger partial charge is 0.118 e. The molecule has 1 aromatic carbocycles. The second kappa shape index (κ2) is 7.83. The Hall–Kier alpha value is -1.82. The summed E-state index contributed by atoms with van der Waals surface area (Å²) in [5.41, 5.74) is 6.65. The van der Waals surface area contributed by atoms with Crippen LogP contribution in [-0.4, -0.2) is 36.3 Å². The molecule has 0 spiro atoms. The Kier molecular flexibility index (Phi) is 5.80. The van der Waals surface area contributed by atoms with Crippen LogP contribution in [0.3, 0.4) is 0 Å². The lowest BCUT2D eigenvalue weighted by Gasteiger charge is -2.23. The van der Waals surface area contributed by atoms with Gasteiger partial charge in [-0.3, -0.25) is 4.90 Å². The number of nitrogens with zero attached hydrogens (tertiary/aromatic N) is 1. The standard InChI is InChI=1S/C16H22N2O3/c1-20-15-6-4-13(5-7-15)10-18(11-14(19)9-17)12-16-3-2-8-21-16/h2-8,14,19H,9-12,17H2,1H3. The van der Waals surface area contributed by atoms with Crippen LogP contribution in [0.4, 0.5) is 0 Å². The molecule has 5 nitrogen and oxygen atoms in total. The molecular weight excluding hydrogens is 268 g/mol. The average Bonchev–Trinajstić information content (AvgIpc) is 3.00. The molecule has 21 heavy (non-hydrogen) atoms. The Labute approximate surface area is 124 Å². The quantitative estimate of drug-likeness (QED) is 0.773. The number of rotatable bonds is 8. The molecule has 0 saturated carbocycles. The predicted molar refractivity (Wildman–Crippen MR) is 80.9 cm³/mol. The van der Waals surface area contributed by atoms with E-state index in [0.717, 1.165) is 17.1 Å². The van der Waals surface area contributed by atoms with E-state index in [1.54, 1.807) is 13.4 Å². The van der Waals surface area contributed by atoms with Gasteiger partial charge < -0.3 is 20.0 Å². The number of ether oxygens (including phenoxy) is 1. The maximum atomic E-state index is 9.80. The number of aliphatic hydroxyl groups is 1. The predicted octanol–water partition coefficient (Wildman–Crippen LogP) is 1.61. The number of benzene rings is 1. The number of nitrogens with two attached hydrogens (primary N) is 1. The zero-order valence-electron chi connectivity index (χ0n) is 12.2. The first kappa shape index (κ1) is 15.6. The third kappa shape index (κ3) is 4.90. The lowest BCUT2D eigenvalue weighted by Crippen LogP contribution is -2.35. The first-order chi connectivity index (χ1) is 10.2. The van der Waals surface area contributed by atoms with Gasteiger partial charge in [0.15, 0.2) is 0 Å². The highest BCUT2D eigenvalue weighted by molar-refractivity contribution is 5.27. The van der Waals surface area contributed by atoms with Gasteiger partial charge in [0.2, 0.25) is 0 Å². The van der Waals surface area contributed by atoms with E-state index < -0.39 is 6.10 Å². The molecule has 0 saturated heterocycles. The van der Waals surface area contributed by atoms with Gasteiger partial charge >= 0.3 is 0 Å². The molecule has 2 aromatic rings. The van der Waals surface area contributed by atoms with E-state index in [-0.39, 0.29) is 6.54 Å². The van der Waals surface area contributed by atoms with Crippen LogP contribution in [0.1, 0.15) is 11.3 Å².